The molecule has 2 rings (SSSR count). The molecule has 1 fully saturated rings. The molecule has 20 heavy (non-hydrogen) atoms. The zero-order valence-electron chi connectivity index (χ0n) is 12.1. The molecule has 0 aromatic carbocycles. The van der Waals surface area contributed by atoms with Crippen molar-refractivity contribution in [1.82, 2.24) is 19.8 Å². The van der Waals surface area contributed by atoms with E-state index in [0.717, 1.165) is 30.0 Å². The van der Waals surface area contributed by atoms with E-state index in [1.165, 1.54) is 0 Å². The normalized spacial score (nSPS) is 23.8. The van der Waals surface area contributed by atoms with Gasteiger partial charge in [-0.1, -0.05) is 29.4 Å². The van der Waals surface area contributed by atoms with Crippen LogP contribution in [0.1, 0.15) is 19.4 Å². The molecule has 1 N–H and O–H groups in total. The summed E-state index contributed by atoms with van der Waals surface area (Å²) in [6.45, 7) is 8.81. The molecule has 2 unspecified atom stereocenters. The monoisotopic (exact) mass is 339 g/mol. The van der Waals surface area contributed by atoms with Crippen LogP contribution >= 0.6 is 15.9 Å². The number of halogens is 1. The topological polar surface area (TPSA) is 45.5 Å². The van der Waals surface area contributed by atoms with Crippen LogP contribution in [-0.2, 0) is 0 Å². The summed E-state index contributed by atoms with van der Waals surface area (Å²) in [5.74, 6) is 1.58. The molecule has 1 aliphatic heterocycles. The molecular formula is C14H22BrN5. The van der Waals surface area contributed by atoms with Gasteiger partial charge in [0.1, 0.15) is 0 Å². The maximum atomic E-state index is 4.37. The number of nitrogens with one attached hydrogen (secondary N) is 1. The van der Waals surface area contributed by atoms with Crippen molar-refractivity contribution in [3.8, 4) is 0 Å². The number of hydrogen-bond acceptors (Lipinski definition) is 2. The predicted octanol–water partition coefficient (Wildman–Crippen LogP) is 2.25. The molecule has 1 saturated heterocycles. The molecule has 1 aliphatic rings. The summed E-state index contributed by atoms with van der Waals surface area (Å²) in [5, 5.41) is 3.32. The van der Waals surface area contributed by atoms with Crippen LogP contribution in [0, 0.1) is 5.92 Å². The van der Waals surface area contributed by atoms with E-state index in [9.17, 15) is 0 Å². The largest absolute Gasteiger partial charge is 0.352 e. The summed E-state index contributed by atoms with van der Waals surface area (Å²) < 4.78 is 3.13. The second kappa shape index (κ2) is 6.92. The van der Waals surface area contributed by atoms with Gasteiger partial charge >= 0.3 is 0 Å². The number of imidazole rings is 1. The molecule has 5 nitrogen and oxygen atoms in total. The highest BCUT2D eigenvalue weighted by Crippen LogP contribution is 2.27. The van der Waals surface area contributed by atoms with E-state index in [2.05, 4.69) is 54.2 Å². The number of nitrogens with zero attached hydrogens (tertiary/aromatic N) is 4. The van der Waals surface area contributed by atoms with Gasteiger partial charge < -0.3 is 14.8 Å². The Morgan fingerprint density at radius 1 is 1.60 bits per heavy atom. The van der Waals surface area contributed by atoms with Gasteiger partial charge in [0.25, 0.3) is 0 Å². The molecule has 1 aromatic heterocycles. The molecule has 0 amide bonds. The fraction of sp³-hybridized carbons (Fsp3) is 0.571. The molecule has 2 heterocycles. The molecule has 0 bridgehead atoms. The zero-order chi connectivity index (χ0) is 14.5. The molecular weight excluding hydrogens is 318 g/mol. The van der Waals surface area contributed by atoms with Gasteiger partial charge in [-0.2, -0.15) is 0 Å². The van der Waals surface area contributed by atoms with Crippen molar-refractivity contribution in [2.75, 3.05) is 26.7 Å². The fourth-order valence-corrected chi connectivity index (χ4v) is 2.74. The molecule has 0 spiro atoms. The number of aromatic nitrogens is 2. The molecule has 0 radical (unpaired) electrons. The second-order valence-corrected chi connectivity index (χ2v) is 6.33. The Hall–Kier alpha value is -1.30. The average Bonchev–Trinajstić information content (AvgIpc) is 2.94. The van der Waals surface area contributed by atoms with E-state index in [1.807, 2.05) is 25.8 Å². The van der Waals surface area contributed by atoms with Gasteiger partial charge in [0.05, 0.1) is 12.4 Å². The van der Waals surface area contributed by atoms with Crippen molar-refractivity contribution in [3.05, 3.63) is 29.8 Å². The first-order valence-corrected chi connectivity index (χ1v) is 7.67. The second-order valence-electron chi connectivity index (χ2n) is 5.21. The SMILES string of the molecule is C=C(Br)CNC(=NC)N1CCC(C)C(n2ccnc2)C1. The summed E-state index contributed by atoms with van der Waals surface area (Å²) in [6.07, 6.45) is 6.94. The molecule has 2 atom stereocenters. The Bertz CT molecular complexity index is 468. The highest BCUT2D eigenvalue weighted by Gasteiger charge is 2.28. The van der Waals surface area contributed by atoms with E-state index < -0.39 is 0 Å². The minimum absolute atomic E-state index is 0.442. The number of likely N-dealkylation sites (tertiary alicyclic amines) is 1. The maximum absolute atomic E-state index is 4.37. The third kappa shape index (κ3) is 3.62. The average molecular weight is 340 g/mol. The van der Waals surface area contributed by atoms with E-state index in [-0.39, 0.29) is 0 Å². The van der Waals surface area contributed by atoms with Gasteiger partial charge in [0.15, 0.2) is 5.96 Å². The third-order valence-electron chi connectivity index (χ3n) is 3.78. The van der Waals surface area contributed by atoms with Crippen LogP contribution in [-0.4, -0.2) is 47.1 Å². The number of guanidine groups is 1. The zero-order valence-corrected chi connectivity index (χ0v) is 13.7. The lowest BCUT2D eigenvalue weighted by molar-refractivity contribution is 0.189. The van der Waals surface area contributed by atoms with Gasteiger partial charge in [0, 0.05) is 43.6 Å². The lowest BCUT2D eigenvalue weighted by Gasteiger charge is -2.39. The Morgan fingerprint density at radius 3 is 3.00 bits per heavy atom. The standard InChI is InChI=1S/C14H22BrN5/c1-11-4-6-19(14(16-3)18-8-12(2)15)9-13(11)20-7-5-17-10-20/h5,7,10-11,13H,2,4,6,8-9H2,1,3H3,(H,16,18). The Balaban J connectivity index is 2.04. The first kappa shape index (κ1) is 15.1. The fourth-order valence-electron chi connectivity index (χ4n) is 2.60. The van der Waals surface area contributed by atoms with Crippen molar-refractivity contribution >= 4 is 21.9 Å². The van der Waals surface area contributed by atoms with E-state index in [4.69, 9.17) is 0 Å². The summed E-state index contributed by atoms with van der Waals surface area (Å²) in [7, 11) is 1.82. The van der Waals surface area contributed by atoms with E-state index in [0.29, 0.717) is 18.5 Å². The van der Waals surface area contributed by atoms with Crippen molar-refractivity contribution in [3.63, 3.8) is 0 Å². The summed E-state index contributed by atoms with van der Waals surface area (Å²) in [5.41, 5.74) is 0. The van der Waals surface area contributed by atoms with Crippen LogP contribution in [0.5, 0.6) is 0 Å². The van der Waals surface area contributed by atoms with Gasteiger partial charge in [-0.3, -0.25) is 4.99 Å². The number of rotatable bonds is 3. The lowest BCUT2D eigenvalue weighted by atomic mass is 9.93. The van der Waals surface area contributed by atoms with Gasteiger partial charge in [-0.25, -0.2) is 4.98 Å². The first-order valence-electron chi connectivity index (χ1n) is 6.88. The highest BCUT2D eigenvalue weighted by atomic mass is 79.9. The van der Waals surface area contributed by atoms with Crippen molar-refractivity contribution in [1.29, 1.82) is 0 Å². The Kier molecular flexibility index (Phi) is 5.23. The predicted molar refractivity (Wildman–Crippen MR) is 86.0 cm³/mol. The number of piperidine rings is 1. The summed E-state index contributed by atoms with van der Waals surface area (Å²) >= 11 is 3.37. The quantitative estimate of drug-likeness (QED) is 0.678. The Morgan fingerprint density at radius 2 is 2.40 bits per heavy atom. The van der Waals surface area contributed by atoms with Crippen LogP contribution in [0.2, 0.25) is 0 Å². The number of aliphatic imine (C=N–C) groups is 1. The summed E-state index contributed by atoms with van der Waals surface area (Å²) in [6, 6.07) is 0.442. The van der Waals surface area contributed by atoms with Gasteiger partial charge in [0.2, 0.25) is 0 Å². The maximum Gasteiger partial charge on any atom is 0.194 e. The van der Waals surface area contributed by atoms with Crippen LogP contribution in [0.3, 0.4) is 0 Å². The van der Waals surface area contributed by atoms with Gasteiger partial charge in [-0.05, 0) is 12.3 Å². The molecule has 0 saturated carbocycles. The molecule has 6 heteroatoms. The van der Waals surface area contributed by atoms with Crippen LogP contribution in [0.4, 0.5) is 0 Å². The lowest BCUT2D eigenvalue weighted by Crippen LogP contribution is -2.49. The first-order chi connectivity index (χ1) is 9.61. The van der Waals surface area contributed by atoms with Crippen molar-refractivity contribution < 1.29 is 0 Å². The minimum atomic E-state index is 0.442. The smallest absolute Gasteiger partial charge is 0.194 e. The third-order valence-corrected chi connectivity index (χ3v) is 4.06. The summed E-state index contributed by atoms with van der Waals surface area (Å²) in [4.78, 5) is 10.8. The van der Waals surface area contributed by atoms with E-state index in [1.54, 1.807) is 0 Å². The minimum Gasteiger partial charge on any atom is -0.352 e. The van der Waals surface area contributed by atoms with Crippen molar-refractivity contribution in [2.24, 2.45) is 10.9 Å². The van der Waals surface area contributed by atoms with Crippen LogP contribution in [0.25, 0.3) is 0 Å². The van der Waals surface area contributed by atoms with Crippen LogP contribution < -0.4 is 5.32 Å². The molecule has 0 aliphatic carbocycles. The van der Waals surface area contributed by atoms with Crippen molar-refractivity contribution in [2.45, 2.75) is 19.4 Å². The highest BCUT2D eigenvalue weighted by molar-refractivity contribution is 9.11. The van der Waals surface area contributed by atoms with Crippen LogP contribution in [0.15, 0.2) is 34.8 Å². The van der Waals surface area contributed by atoms with E-state index >= 15 is 0 Å². The number of hydrogen-bond donors (Lipinski definition) is 1. The molecule has 1 aromatic rings. The molecule has 110 valence electrons. The van der Waals surface area contributed by atoms with Gasteiger partial charge in [-0.15, -0.1) is 0 Å². The Labute approximate surface area is 128 Å².